The summed E-state index contributed by atoms with van der Waals surface area (Å²) in [5.74, 6) is 1.59. The van der Waals surface area contributed by atoms with Gasteiger partial charge in [-0.1, -0.05) is 42.5 Å². The molecule has 0 fully saturated rings. The van der Waals surface area contributed by atoms with Gasteiger partial charge in [-0.2, -0.15) is 0 Å². The van der Waals surface area contributed by atoms with E-state index in [9.17, 15) is 9.59 Å². The standard InChI is InChI=1S/C28H26N2O5/c1-2-33-24-11-7-6-10-22(24)28(32)30(13-12-19-8-4-3-5-9-19)17-21-14-20-15-25-26(35-18-34-25)16-23(20)29-27(21)31/h3-11,14-16H,2,12-13,17-18H2,1H3,(H,29,31). The monoisotopic (exact) mass is 470 g/mol. The van der Waals surface area contributed by atoms with Gasteiger partial charge in [-0.15, -0.1) is 0 Å². The van der Waals surface area contributed by atoms with Crippen LogP contribution in [0.15, 0.2) is 77.6 Å². The molecular formula is C28H26N2O5. The third kappa shape index (κ3) is 4.84. The van der Waals surface area contributed by atoms with Crippen molar-refractivity contribution in [2.24, 2.45) is 0 Å². The Morgan fingerprint density at radius 1 is 1.00 bits per heavy atom. The number of carbonyl (C=O) groups is 1. The van der Waals surface area contributed by atoms with Crippen molar-refractivity contribution in [2.45, 2.75) is 19.9 Å². The fraction of sp³-hybridized carbons (Fsp3) is 0.214. The maximum atomic E-state index is 13.7. The Balaban J connectivity index is 1.48. The minimum Gasteiger partial charge on any atom is -0.493 e. The summed E-state index contributed by atoms with van der Waals surface area (Å²) in [6.45, 7) is 3.10. The van der Waals surface area contributed by atoms with Crippen LogP contribution >= 0.6 is 0 Å². The maximum Gasteiger partial charge on any atom is 0.257 e. The number of carbonyl (C=O) groups excluding carboxylic acids is 1. The summed E-state index contributed by atoms with van der Waals surface area (Å²) in [5, 5.41) is 0.814. The average molecular weight is 471 g/mol. The first-order valence-corrected chi connectivity index (χ1v) is 11.6. The van der Waals surface area contributed by atoms with E-state index in [2.05, 4.69) is 4.98 Å². The molecule has 0 atom stereocenters. The first-order valence-electron chi connectivity index (χ1n) is 11.6. The molecule has 0 unspecified atom stereocenters. The van der Waals surface area contributed by atoms with Gasteiger partial charge >= 0.3 is 0 Å². The molecule has 2 heterocycles. The van der Waals surface area contributed by atoms with Gasteiger partial charge in [0.05, 0.1) is 24.2 Å². The molecule has 1 aromatic heterocycles. The largest absolute Gasteiger partial charge is 0.493 e. The molecule has 35 heavy (non-hydrogen) atoms. The Bertz CT molecular complexity index is 1410. The molecule has 7 nitrogen and oxygen atoms in total. The van der Waals surface area contributed by atoms with Gasteiger partial charge in [-0.05, 0) is 43.2 Å². The summed E-state index contributed by atoms with van der Waals surface area (Å²) in [7, 11) is 0. The lowest BCUT2D eigenvalue weighted by atomic mass is 10.1. The van der Waals surface area contributed by atoms with Crippen LogP contribution in [0.2, 0.25) is 0 Å². The van der Waals surface area contributed by atoms with Gasteiger partial charge in [0.1, 0.15) is 5.75 Å². The zero-order chi connectivity index (χ0) is 24.2. The normalized spacial score (nSPS) is 12.0. The zero-order valence-corrected chi connectivity index (χ0v) is 19.5. The van der Waals surface area contributed by atoms with Crippen LogP contribution < -0.4 is 19.8 Å². The number of para-hydroxylation sites is 1. The molecule has 3 aromatic carbocycles. The van der Waals surface area contributed by atoms with Crippen molar-refractivity contribution < 1.29 is 19.0 Å². The van der Waals surface area contributed by atoms with E-state index in [0.29, 0.717) is 53.5 Å². The van der Waals surface area contributed by atoms with Crippen molar-refractivity contribution in [1.82, 2.24) is 9.88 Å². The number of hydrogen-bond acceptors (Lipinski definition) is 5. The molecule has 0 radical (unpaired) electrons. The number of benzene rings is 3. The highest BCUT2D eigenvalue weighted by Crippen LogP contribution is 2.35. The second-order valence-corrected chi connectivity index (χ2v) is 8.31. The van der Waals surface area contributed by atoms with Gasteiger partial charge < -0.3 is 24.1 Å². The number of pyridine rings is 1. The van der Waals surface area contributed by atoms with Crippen LogP contribution in [0.25, 0.3) is 10.9 Å². The molecule has 4 aromatic rings. The first kappa shape index (κ1) is 22.5. The molecule has 0 bridgehead atoms. The van der Waals surface area contributed by atoms with Crippen molar-refractivity contribution >= 4 is 16.8 Å². The quantitative estimate of drug-likeness (QED) is 0.409. The van der Waals surface area contributed by atoms with Crippen LogP contribution in [0.3, 0.4) is 0 Å². The fourth-order valence-electron chi connectivity index (χ4n) is 4.22. The van der Waals surface area contributed by atoms with Gasteiger partial charge in [-0.3, -0.25) is 9.59 Å². The maximum absolute atomic E-state index is 13.7. The molecule has 0 aliphatic carbocycles. The van der Waals surface area contributed by atoms with Crippen LogP contribution in [-0.2, 0) is 13.0 Å². The predicted molar refractivity (Wildman–Crippen MR) is 133 cm³/mol. The van der Waals surface area contributed by atoms with Crippen LogP contribution in [-0.4, -0.2) is 35.7 Å². The van der Waals surface area contributed by atoms with Gasteiger partial charge in [0.2, 0.25) is 6.79 Å². The third-order valence-corrected chi connectivity index (χ3v) is 5.99. The van der Waals surface area contributed by atoms with Crippen LogP contribution in [0.4, 0.5) is 0 Å². The van der Waals surface area contributed by atoms with Crippen LogP contribution in [0, 0.1) is 0 Å². The minimum atomic E-state index is -0.244. The van der Waals surface area contributed by atoms with Gasteiger partial charge in [0.15, 0.2) is 11.5 Å². The Hall–Kier alpha value is -4.26. The fourth-order valence-corrected chi connectivity index (χ4v) is 4.22. The van der Waals surface area contributed by atoms with E-state index < -0.39 is 0 Å². The molecule has 1 amide bonds. The molecule has 5 rings (SSSR count). The number of amides is 1. The smallest absolute Gasteiger partial charge is 0.257 e. The molecule has 7 heteroatoms. The Morgan fingerprint density at radius 3 is 2.54 bits per heavy atom. The SMILES string of the molecule is CCOc1ccccc1C(=O)N(CCc1ccccc1)Cc1cc2cc3c(cc2[nH]c1=O)OCO3. The van der Waals surface area contributed by atoms with E-state index in [1.54, 1.807) is 23.1 Å². The zero-order valence-electron chi connectivity index (χ0n) is 19.5. The number of hydrogen-bond donors (Lipinski definition) is 1. The average Bonchev–Trinajstić information content (AvgIpc) is 3.33. The van der Waals surface area contributed by atoms with E-state index in [4.69, 9.17) is 14.2 Å². The number of aromatic nitrogens is 1. The molecular weight excluding hydrogens is 444 g/mol. The molecule has 0 saturated heterocycles. The highest BCUT2D eigenvalue weighted by molar-refractivity contribution is 5.97. The van der Waals surface area contributed by atoms with Gasteiger partial charge in [0.25, 0.3) is 11.5 Å². The number of nitrogens with one attached hydrogen (secondary N) is 1. The minimum absolute atomic E-state index is 0.156. The summed E-state index contributed by atoms with van der Waals surface area (Å²) in [4.78, 5) is 31.3. The van der Waals surface area contributed by atoms with E-state index in [0.717, 1.165) is 10.9 Å². The van der Waals surface area contributed by atoms with Gasteiger partial charge in [0, 0.05) is 23.6 Å². The number of fused-ring (bicyclic) bond motifs is 2. The molecule has 1 N–H and O–H groups in total. The van der Waals surface area contributed by atoms with E-state index in [1.807, 2.05) is 61.5 Å². The summed E-state index contributed by atoms with van der Waals surface area (Å²) >= 11 is 0. The van der Waals surface area contributed by atoms with Crippen LogP contribution in [0.1, 0.15) is 28.4 Å². The molecule has 0 spiro atoms. The Kier molecular flexibility index (Phi) is 6.39. The number of aromatic amines is 1. The Labute approximate surface area is 202 Å². The lowest BCUT2D eigenvalue weighted by Gasteiger charge is -2.24. The Morgan fingerprint density at radius 2 is 1.74 bits per heavy atom. The number of rotatable bonds is 8. The van der Waals surface area contributed by atoms with Crippen LogP contribution in [0.5, 0.6) is 17.2 Å². The predicted octanol–water partition coefficient (Wildman–Crippen LogP) is 4.54. The number of nitrogens with zero attached hydrogens (tertiary/aromatic N) is 1. The summed E-state index contributed by atoms with van der Waals surface area (Å²) in [6, 6.07) is 22.6. The molecule has 0 saturated carbocycles. The lowest BCUT2D eigenvalue weighted by Crippen LogP contribution is -2.34. The first-order chi connectivity index (χ1) is 17.1. The number of ether oxygens (including phenoxy) is 3. The molecule has 1 aliphatic heterocycles. The summed E-state index contributed by atoms with van der Waals surface area (Å²) in [5.41, 5.74) is 2.50. The van der Waals surface area contributed by atoms with Crippen molar-refractivity contribution in [3.63, 3.8) is 0 Å². The second-order valence-electron chi connectivity index (χ2n) is 8.31. The summed E-state index contributed by atoms with van der Waals surface area (Å²) in [6.07, 6.45) is 0.660. The second kappa shape index (κ2) is 9.93. The van der Waals surface area contributed by atoms with Crippen molar-refractivity contribution in [3.8, 4) is 17.2 Å². The van der Waals surface area contributed by atoms with Gasteiger partial charge in [-0.25, -0.2) is 0 Å². The van der Waals surface area contributed by atoms with Crippen molar-refractivity contribution in [2.75, 3.05) is 19.9 Å². The lowest BCUT2D eigenvalue weighted by molar-refractivity contribution is 0.0740. The van der Waals surface area contributed by atoms with E-state index >= 15 is 0 Å². The summed E-state index contributed by atoms with van der Waals surface area (Å²) < 4.78 is 16.6. The highest BCUT2D eigenvalue weighted by atomic mass is 16.7. The molecule has 178 valence electrons. The number of H-pyrrole nitrogens is 1. The third-order valence-electron chi connectivity index (χ3n) is 5.99. The van der Waals surface area contributed by atoms with Crippen molar-refractivity contribution in [3.05, 3.63) is 99.8 Å². The van der Waals surface area contributed by atoms with Crippen molar-refractivity contribution in [1.29, 1.82) is 0 Å². The highest BCUT2D eigenvalue weighted by Gasteiger charge is 2.22. The van der Waals surface area contributed by atoms with E-state index in [-0.39, 0.29) is 24.8 Å². The molecule has 1 aliphatic rings. The van der Waals surface area contributed by atoms with E-state index in [1.165, 1.54) is 0 Å². The topological polar surface area (TPSA) is 80.9 Å².